The molecule has 1 aromatic heterocycles. The van der Waals surface area contributed by atoms with E-state index in [1.165, 1.54) is 19.3 Å². The molecule has 0 atom stereocenters. The van der Waals surface area contributed by atoms with Gasteiger partial charge in [-0.25, -0.2) is 0 Å². The van der Waals surface area contributed by atoms with Crippen molar-refractivity contribution in [2.45, 2.75) is 38.5 Å². The lowest BCUT2D eigenvalue weighted by molar-refractivity contribution is 0.253. The number of nitrogens with one attached hydrogen (secondary N) is 1. The van der Waals surface area contributed by atoms with Gasteiger partial charge < -0.3 is 21.1 Å². The molecule has 2 heterocycles. The molecule has 0 aromatic carbocycles. The zero-order valence-corrected chi connectivity index (χ0v) is 12.4. The third-order valence-electron chi connectivity index (χ3n) is 4.50. The third kappa shape index (κ3) is 3.53. The Morgan fingerprint density at radius 1 is 1.14 bits per heavy atom. The summed E-state index contributed by atoms with van der Waals surface area (Å²) in [7, 11) is 0. The molecule has 1 aromatic rings. The summed E-state index contributed by atoms with van der Waals surface area (Å²) in [6.07, 6.45) is 6.76. The molecule has 1 aliphatic heterocycles. The number of anilines is 3. The van der Waals surface area contributed by atoms with Crippen LogP contribution in [0.2, 0.25) is 0 Å². The number of aliphatic hydroxyl groups is 1. The van der Waals surface area contributed by atoms with E-state index >= 15 is 0 Å². The molecule has 7 heteroatoms. The van der Waals surface area contributed by atoms with Crippen molar-refractivity contribution in [1.29, 1.82) is 0 Å². The van der Waals surface area contributed by atoms with Crippen molar-refractivity contribution in [2.75, 3.05) is 42.2 Å². The fourth-order valence-corrected chi connectivity index (χ4v) is 2.89. The van der Waals surface area contributed by atoms with Gasteiger partial charge in [0.05, 0.1) is 0 Å². The van der Waals surface area contributed by atoms with Gasteiger partial charge in [0.25, 0.3) is 0 Å². The first-order valence-electron chi connectivity index (χ1n) is 7.82. The van der Waals surface area contributed by atoms with Crippen LogP contribution in [0.15, 0.2) is 0 Å². The van der Waals surface area contributed by atoms with Crippen LogP contribution in [0.1, 0.15) is 38.5 Å². The van der Waals surface area contributed by atoms with E-state index in [1.54, 1.807) is 0 Å². The maximum absolute atomic E-state index is 9.10. The predicted octanol–water partition coefficient (Wildman–Crippen LogP) is 1.02. The highest BCUT2D eigenvalue weighted by Gasteiger charge is 2.41. The molecule has 21 heavy (non-hydrogen) atoms. The molecule has 2 aliphatic rings. The highest BCUT2D eigenvalue weighted by molar-refractivity contribution is 5.42. The lowest BCUT2D eigenvalue weighted by atomic mass is 10.0. The summed E-state index contributed by atoms with van der Waals surface area (Å²) < 4.78 is 0. The van der Waals surface area contributed by atoms with Crippen molar-refractivity contribution < 1.29 is 5.11 Å². The molecule has 3 rings (SSSR count). The van der Waals surface area contributed by atoms with Crippen molar-refractivity contribution in [3.8, 4) is 0 Å². The third-order valence-corrected chi connectivity index (χ3v) is 4.50. The molecule has 1 aliphatic carbocycles. The number of rotatable bonds is 6. The standard InChI is InChI=1S/C14H24N6O/c15-11-17-12(16-10-14(4-5-14)6-9-21)19-13(18-11)20-7-2-1-3-8-20/h21H,1-10H2,(H3,15,16,17,18,19). The Hall–Kier alpha value is -1.63. The van der Waals surface area contributed by atoms with Gasteiger partial charge in [0.2, 0.25) is 17.8 Å². The number of nitrogens with two attached hydrogens (primary N) is 1. The second kappa shape index (κ2) is 6.01. The van der Waals surface area contributed by atoms with Crippen LogP contribution in [0.4, 0.5) is 17.8 Å². The van der Waals surface area contributed by atoms with Crippen LogP contribution in [0.25, 0.3) is 0 Å². The summed E-state index contributed by atoms with van der Waals surface area (Å²) in [6.45, 7) is 2.99. The number of hydrogen-bond donors (Lipinski definition) is 3. The lowest BCUT2D eigenvalue weighted by Crippen LogP contribution is -2.31. The van der Waals surface area contributed by atoms with Crippen molar-refractivity contribution in [3.05, 3.63) is 0 Å². The average Bonchev–Trinajstić information content (AvgIpc) is 3.26. The number of aliphatic hydroxyl groups excluding tert-OH is 1. The summed E-state index contributed by atoms with van der Waals surface area (Å²) in [5.41, 5.74) is 6.03. The number of nitrogens with zero attached hydrogens (tertiary/aromatic N) is 4. The Kier molecular flexibility index (Phi) is 4.10. The Bertz CT molecular complexity index is 484. The molecular formula is C14H24N6O. The van der Waals surface area contributed by atoms with E-state index < -0.39 is 0 Å². The summed E-state index contributed by atoms with van der Waals surface area (Å²) in [5.74, 6) is 1.49. The van der Waals surface area contributed by atoms with Gasteiger partial charge in [0, 0.05) is 26.2 Å². The zero-order valence-electron chi connectivity index (χ0n) is 12.4. The van der Waals surface area contributed by atoms with Crippen LogP contribution in [0.5, 0.6) is 0 Å². The molecule has 0 unspecified atom stereocenters. The highest BCUT2D eigenvalue weighted by Crippen LogP contribution is 2.48. The minimum Gasteiger partial charge on any atom is -0.396 e. The summed E-state index contributed by atoms with van der Waals surface area (Å²) >= 11 is 0. The van der Waals surface area contributed by atoms with Crippen LogP contribution in [0.3, 0.4) is 0 Å². The van der Waals surface area contributed by atoms with E-state index in [0.717, 1.165) is 38.9 Å². The Balaban J connectivity index is 1.66. The maximum Gasteiger partial charge on any atom is 0.231 e. The molecule has 0 spiro atoms. The Morgan fingerprint density at radius 3 is 2.57 bits per heavy atom. The van der Waals surface area contributed by atoms with Crippen molar-refractivity contribution >= 4 is 17.8 Å². The van der Waals surface area contributed by atoms with Crippen LogP contribution < -0.4 is 16.0 Å². The Morgan fingerprint density at radius 2 is 1.90 bits per heavy atom. The molecule has 116 valence electrons. The largest absolute Gasteiger partial charge is 0.396 e. The van der Waals surface area contributed by atoms with Gasteiger partial charge in [-0.05, 0) is 43.9 Å². The monoisotopic (exact) mass is 292 g/mol. The first-order chi connectivity index (χ1) is 10.2. The van der Waals surface area contributed by atoms with Gasteiger partial charge >= 0.3 is 0 Å². The van der Waals surface area contributed by atoms with Gasteiger partial charge in [-0.2, -0.15) is 15.0 Å². The van der Waals surface area contributed by atoms with Gasteiger partial charge in [0.15, 0.2) is 0 Å². The van der Waals surface area contributed by atoms with Gasteiger partial charge in [-0.15, -0.1) is 0 Å². The van der Waals surface area contributed by atoms with Crippen LogP contribution in [-0.4, -0.2) is 46.3 Å². The van der Waals surface area contributed by atoms with Crippen molar-refractivity contribution in [3.63, 3.8) is 0 Å². The van der Waals surface area contributed by atoms with E-state index in [1.807, 2.05) is 0 Å². The van der Waals surface area contributed by atoms with E-state index in [-0.39, 0.29) is 18.0 Å². The predicted molar refractivity (Wildman–Crippen MR) is 82.2 cm³/mol. The number of hydrogen-bond acceptors (Lipinski definition) is 7. The number of aromatic nitrogens is 3. The minimum absolute atomic E-state index is 0.224. The van der Waals surface area contributed by atoms with Crippen LogP contribution >= 0.6 is 0 Å². The van der Waals surface area contributed by atoms with Crippen molar-refractivity contribution in [1.82, 2.24) is 15.0 Å². The van der Waals surface area contributed by atoms with Crippen LogP contribution in [0, 0.1) is 5.41 Å². The molecule has 0 amide bonds. The zero-order chi connectivity index (χ0) is 14.7. The fourth-order valence-electron chi connectivity index (χ4n) is 2.89. The van der Waals surface area contributed by atoms with E-state index in [9.17, 15) is 0 Å². The summed E-state index contributed by atoms with van der Waals surface area (Å²) in [6, 6.07) is 0. The summed E-state index contributed by atoms with van der Waals surface area (Å²) in [4.78, 5) is 15.1. The molecular weight excluding hydrogens is 268 g/mol. The molecule has 2 fully saturated rings. The first kappa shape index (κ1) is 14.3. The second-order valence-corrected chi connectivity index (χ2v) is 6.19. The molecule has 7 nitrogen and oxygen atoms in total. The van der Waals surface area contributed by atoms with E-state index in [2.05, 4.69) is 25.2 Å². The van der Waals surface area contributed by atoms with Gasteiger partial charge in [-0.3, -0.25) is 0 Å². The molecule has 1 saturated heterocycles. The number of piperidine rings is 1. The minimum atomic E-state index is 0.224. The Labute approximate surface area is 125 Å². The smallest absolute Gasteiger partial charge is 0.231 e. The average molecular weight is 292 g/mol. The molecule has 1 saturated carbocycles. The quantitative estimate of drug-likeness (QED) is 0.719. The van der Waals surface area contributed by atoms with Gasteiger partial charge in [0.1, 0.15) is 0 Å². The normalized spacial score (nSPS) is 20.3. The molecule has 0 bridgehead atoms. The maximum atomic E-state index is 9.10. The van der Waals surface area contributed by atoms with Crippen molar-refractivity contribution in [2.24, 2.45) is 5.41 Å². The molecule has 0 radical (unpaired) electrons. The van der Waals surface area contributed by atoms with Crippen LogP contribution in [-0.2, 0) is 0 Å². The topological polar surface area (TPSA) is 100 Å². The SMILES string of the molecule is Nc1nc(NCC2(CCO)CC2)nc(N2CCCCC2)n1. The first-order valence-corrected chi connectivity index (χ1v) is 7.82. The van der Waals surface area contributed by atoms with E-state index in [4.69, 9.17) is 10.8 Å². The fraction of sp³-hybridized carbons (Fsp3) is 0.786. The second-order valence-electron chi connectivity index (χ2n) is 6.19. The lowest BCUT2D eigenvalue weighted by Gasteiger charge is -2.26. The van der Waals surface area contributed by atoms with Gasteiger partial charge in [-0.1, -0.05) is 0 Å². The molecule has 4 N–H and O–H groups in total. The summed E-state index contributed by atoms with van der Waals surface area (Å²) in [5, 5.41) is 12.4. The highest BCUT2D eigenvalue weighted by atomic mass is 16.3. The number of nitrogen functional groups attached to an aromatic ring is 1. The van der Waals surface area contributed by atoms with E-state index in [0.29, 0.717) is 11.9 Å².